The number of aryl methyl sites for hydroxylation is 1. The van der Waals surface area contributed by atoms with Crippen molar-refractivity contribution >= 4 is 29.1 Å². The van der Waals surface area contributed by atoms with Crippen LogP contribution in [0.2, 0.25) is 5.02 Å². The lowest BCUT2D eigenvalue weighted by Gasteiger charge is -2.26. The van der Waals surface area contributed by atoms with Crippen LogP contribution in [-0.4, -0.2) is 24.5 Å². The summed E-state index contributed by atoms with van der Waals surface area (Å²) in [6.07, 6.45) is 2.36. The van der Waals surface area contributed by atoms with E-state index in [4.69, 9.17) is 16.3 Å². The van der Waals surface area contributed by atoms with Gasteiger partial charge in [-0.05, 0) is 79.8 Å². The maximum absolute atomic E-state index is 12.8. The fraction of sp³-hybridized carbons (Fsp3) is 0.259. The standard InChI is InChI=1S/C27H27ClN2O3/c1-18(7-8-19-5-3-2-4-6-19)29-27(32)22-15-21-16-24(13-14-25(21)33-17-22)30-26(31)20-9-11-23(28)12-10-20/h2-6,9-14,16,18,22H,7-8,15,17H2,1H3,(H,29,32)(H,30,31)/t18-,22-/m0/s1. The molecule has 1 heterocycles. The van der Waals surface area contributed by atoms with E-state index in [1.807, 2.05) is 37.3 Å². The Hall–Kier alpha value is -3.31. The van der Waals surface area contributed by atoms with Crippen molar-refractivity contribution in [2.75, 3.05) is 11.9 Å². The monoisotopic (exact) mass is 462 g/mol. The van der Waals surface area contributed by atoms with Crippen LogP contribution in [0.1, 0.15) is 34.8 Å². The number of rotatable bonds is 7. The van der Waals surface area contributed by atoms with Gasteiger partial charge in [0.05, 0.1) is 5.92 Å². The summed E-state index contributed by atoms with van der Waals surface area (Å²) in [6, 6.07) is 22.6. The molecule has 0 unspecified atom stereocenters. The molecule has 6 heteroatoms. The van der Waals surface area contributed by atoms with Gasteiger partial charge in [0.15, 0.2) is 0 Å². The number of amides is 2. The minimum absolute atomic E-state index is 0.00295. The quantitative estimate of drug-likeness (QED) is 0.502. The van der Waals surface area contributed by atoms with E-state index in [2.05, 4.69) is 22.8 Å². The molecule has 5 nitrogen and oxygen atoms in total. The molecule has 4 rings (SSSR count). The number of halogens is 1. The highest BCUT2D eigenvalue weighted by Crippen LogP contribution is 2.30. The fourth-order valence-corrected chi connectivity index (χ4v) is 4.03. The predicted molar refractivity (Wildman–Crippen MR) is 131 cm³/mol. The molecule has 1 aliphatic heterocycles. The number of hydrogen-bond donors (Lipinski definition) is 2. The molecular formula is C27H27ClN2O3. The summed E-state index contributed by atoms with van der Waals surface area (Å²) in [5.41, 5.74) is 3.36. The zero-order chi connectivity index (χ0) is 23.2. The van der Waals surface area contributed by atoms with Crippen molar-refractivity contribution in [2.24, 2.45) is 5.92 Å². The van der Waals surface area contributed by atoms with Crippen LogP contribution in [0.5, 0.6) is 5.75 Å². The molecule has 0 aliphatic carbocycles. The van der Waals surface area contributed by atoms with Gasteiger partial charge in [-0.1, -0.05) is 41.9 Å². The van der Waals surface area contributed by atoms with Crippen LogP contribution in [0.15, 0.2) is 72.8 Å². The second kappa shape index (κ2) is 10.5. The fourth-order valence-electron chi connectivity index (χ4n) is 3.91. The van der Waals surface area contributed by atoms with Gasteiger partial charge in [0.25, 0.3) is 5.91 Å². The summed E-state index contributed by atoms with van der Waals surface area (Å²) < 4.78 is 5.84. The third-order valence-corrected chi connectivity index (χ3v) is 6.05. The zero-order valence-electron chi connectivity index (χ0n) is 18.5. The Morgan fingerprint density at radius 2 is 1.82 bits per heavy atom. The molecule has 1 aliphatic rings. The lowest BCUT2D eigenvalue weighted by Crippen LogP contribution is -2.41. The molecule has 3 aromatic rings. The van der Waals surface area contributed by atoms with E-state index in [1.54, 1.807) is 30.3 Å². The largest absolute Gasteiger partial charge is 0.492 e. The predicted octanol–water partition coefficient (Wildman–Crippen LogP) is 5.28. The molecule has 2 atom stereocenters. The van der Waals surface area contributed by atoms with Gasteiger partial charge in [-0.2, -0.15) is 0 Å². The SMILES string of the molecule is C[C@@H](CCc1ccccc1)NC(=O)[C@@H]1COc2ccc(NC(=O)c3ccc(Cl)cc3)cc2C1. The van der Waals surface area contributed by atoms with Crippen LogP contribution in [0.3, 0.4) is 0 Å². The van der Waals surface area contributed by atoms with Gasteiger partial charge in [-0.15, -0.1) is 0 Å². The molecule has 0 saturated heterocycles. The Kier molecular flexibility index (Phi) is 7.30. The average molecular weight is 463 g/mol. The summed E-state index contributed by atoms with van der Waals surface area (Å²) in [5, 5.41) is 6.60. The maximum Gasteiger partial charge on any atom is 0.255 e. The van der Waals surface area contributed by atoms with Gasteiger partial charge < -0.3 is 15.4 Å². The number of carbonyl (C=O) groups excluding carboxylic acids is 2. The van der Waals surface area contributed by atoms with Crippen molar-refractivity contribution < 1.29 is 14.3 Å². The average Bonchev–Trinajstić information content (AvgIpc) is 2.83. The molecule has 0 fully saturated rings. The zero-order valence-corrected chi connectivity index (χ0v) is 19.3. The first-order valence-corrected chi connectivity index (χ1v) is 11.5. The third-order valence-electron chi connectivity index (χ3n) is 5.80. The van der Waals surface area contributed by atoms with Gasteiger partial charge in [0.2, 0.25) is 5.91 Å². The second-order valence-corrected chi connectivity index (χ2v) is 8.87. The number of ether oxygens (including phenoxy) is 1. The van der Waals surface area contributed by atoms with E-state index in [1.165, 1.54) is 5.56 Å². The number of anilines is 1. The molecular weight excluding hydrogens is 436 g/mol. The minimum Gasteiger partial charge on any atom is -0.492 e. The Morgan fingerprint density at radius 3 is 2.58 bits per heavy atom. The highest BCUT2D eigenvalue weighted by molar-refractivity contribution is 6.30. The van der Waals surface area contributed by atoms with Crippen LogP contribution in [0, 0.1) is 5.92 Å². The Balaban J connectivity index is 1.33. The first kappa shape index (κ1) is 22.9. The molecule has 0 spiro atoms. The highest BCUT2D eigenvalue weighted by Gasteiger charge is 2.27. The van der Waals surface area contributed by atoms with Gasteiger partial charge in [-0.25, -0.2) is 0 Å². The van der Waals surface area contributed by atoms with E-state index in [0.29, 0.717) is 29.3 Å². The van der Waals surface area contributed by atoms with Gasteiger partial charge in [-0.3, -0.25) is 9.59 Å². The summed E-state index contributed by atoms with van der Waals surface area (Å²) in [7, 11) is 0. The molecule has 0 bridgehead atoms. The number of benzene rings is 3. The Bertz CT molecular complexity index is 1120. The van der Waals surface area contributed by atoms with E-state index in [9.17, 15) is 9.59 Å². The first-order valence-electron chi connectivity index (χ1n) is 11.1. The molecule has 2 N–H and O–H groups in total. The summed E-state index contributed by atoms with van der Waals surface area (Å²) in [4.78, 5) is 25.3. The van der Waals surface area contributed by atoms with Gasteiger partial charge in [0.1, 0.15) is 12.4 Å². The third kappa shape index (κ3) is 6.14. The van der Waals surface area contributed by atoms with Crippen molar-refractivity contribution in [2.45, 2.75) is 32.2 Å². The van der Waals surface area contributed by atoms with E-state index in [-0.39, 0.29) is 23.8 Å². The van der Waals surface area contributed by atoms with Crippen LogP contribution >= 0.6 is 11.6 Å². The first-order chi connectivity index (χ1) is 16.0. The molecule has 3 aromatic carbocycles. The molecule has 33 heavy (non-hydrogen) atoms. The highest BCUT2D eigenvalue weighted by atomic mass is 35.5. The van der Waals surface area contributed by atoms with Crippen molar-refractivity contribution in [3.05, 3.63) is 94.5 Å². The number of fused-ring (bicyclic) bond motifs is 1. The minimum atomic E-state index is -0.265. The Labute approximate surface area is 199 Å². The van der Waals surface area contributed by atoms with Crippen molar-refractivity contribution in [3.8, 4) is 5.75 Å². The molecule has 2 amide bonds. The molecule has 0 saturated carbocycles. The van der Waals surface area contributed by atoms with Crippen molar-refractivity contribution in [1.82, 2.24) is 5.32 Å². The lowest BCUT2D eigenvalue weighted by molar-refractivity contribution is -0.126. The second-order valence-electron chi connectivity index (χ2n) is 8.43. The van der Waals surface area contributed by atoms with E-state index < -0.39 is 0 Å². The van der Waals surface area contributed by atoms with Crippen LogP contribution in [0.25, 0.3) is 0 Å². The summed E-state index contributed by atoms with van der Waals surface area (Å²) >= 11 is 5.89. The maximum atomic E-state index is 12.8. The van der Waals surface area contributed by atoms with Crippen molar-refractivity contribution in [3.63, 3.8) is 0 Å². The van der Waals surface area contributed by atoms with Crippen molar-refractivity contribution in [1.29, 1.82) is 0 Å². The number of nitrogens with one attached hydrogen (secondary N) is 2. The summed E-state index contributed by atoms with van der Waals surface area (Å²) in [6.45, 7) is 2.38. The number of carbonyl (C=O) groups is 2. The van der Waals surface area contributed by atoms with Crippen LogP contribution in [0.4, 0.5) is 5.69 Å². The van der Waals surface area contributed by atoms with Gasteiger partial charge >= 0.3 is 0 Å². The van der Waals surface area contributed by atoms with E-state index in [0.717, 1.165) is 24.2 Å². The lowest BCUT2D eigenvalue weighted by atomic mass is 9.95. The van der Waals surface area contributed by atoms with Crippen LogP contribution in [-0.2, 0) is 17.6 Å². The van der Waals surface area contributed by atoms with Gasteiger partial charge in [0, 0.05) is 22.3 Å². The summed E-state index contributed by atoms with van der Waals surface area (Å²) in [5.74, 6) is 0.265. The normalized spacial score (nSPS) is 15.6. The topological polar surface area (TPSA) is 67.4 Å². The van der Waals surface area contributed by atoms with Crippen LogP contribution < -0.4 is 15.4 Å². The Morgan fingerprint density at radius 1 is 1.06 bits per heavy atom. The molecule has 170 valence electrons. The smallest absolute Gasteiger partial charge is 0.255 e. The van der Waals surface area contributed by atoms with E-state index >= 15 is 0 Å². The molecule has 0 radical (unpaired) electrons. The molecule has 0 aromatic heterocycles. The number of hydrogen-bond acceptors (Lipinski definition) is 3.